The lowest BCUT2D eigenvalue weighted by molar-refractivity contribution is -0.118. The number of hydrogen-bond acceptors (Lipinski definition) is 3. The van der Waals surface area contributed by atoms with Crippen LogP contribution in [0.25, 0.3) is 0 Å². The minimum absolute atomic E-state index is 0.0770. The number of anilines is 2. The molecule has 0 aromatic heterocycles. The molecule has 0 atom stereocenters. The molecule has 0 spiro atoms. The number of amides is 2. The van der Waals surface area contributed by atoms with Crippen molar-refractivity contribution in [1.82, 2.24) is 0 Å². The number of hydrogen-bond donors (Lipinski definition) is 0. The van der Waals surface area contributed by atoms with Gasteiger partial charge in [-0.1, -0.05) is 12.1 Å². The van der Waals surface area contributed by atoms with Crippen molar-refractivity contribution in [3.05, 3.63) is 60.2 Å². The molecule has 29 heavy (non-hydrogen) atoms. The van der Waals surface area contributed by atoms with Crippen LogP contribution in [0.5, 0.6) is 0 Å². The van der Waals surface area contributed by atoms with E-state index in [9.17, 15) is 18.4 Å². The molecule has 4 nitrogen and oxygen atoms in total. The molecule has 156 valence electrons. The minimum atomic E-state index is -0.375. The van der Waals surface area contributed by atoms with Gasteiger partial charge in [-0.3, -0.25) is 9.59 Å². The largest absolute Gasteiger partial charge is 0.313 e. The summed E-state index contributed by atoms with van der Waals surface area (Å²) in [6.45, 7) is 4.62. The summed E-state index contributed by atoms with van der Waals surface area (Å²) in [6.07, 6.45) is 0.620. The van der Waals surface area contributed by atoms with Crippen molar-refractivity contribution in [2.24, 2.45) is 0 Å². The van der Waals surface area contributed by atoms with Crippen LogP contribution in [0.15, 0.2) is 48.5 Å². The second-order valence-electron chi connectivity index (χ2n) is 6.35. The van der Waals surface area contributed by atoms with Crippen molar-refractivity contribution >= 4 is 35.0 Å². The highest BCUT2D eigenvalue weighted by molar-refractivity contribution is 7.99. The molecule has 0 saturated heterocycles. The molecule has 2 rings (SSSR count). The van der Waals surface area contributed by atoms with Gasteiger partial charge >= 0.3 is 0 Å². The molecule has 0 saturated carbocycles. The second kappa shape index (κ2) is 11.6. The van der Waals surface area contributed by atoms with Gasteiger partial charge in [-0.25, -0.2) is 8.78 Å². The molecular formula is C22H26F2N2O2S. The Bertz CT molecular complexity index is 764. The average Bonchev–Trinajstić information content (AvgIpc) is 2.69. The number of rotatable bonds is 10. The maximum Gasteiger partial charge on any atom is 0.227 e. The third kappa shape index (κ3) is 6.85. The molecule has 0 unspecified atom stereocenters. The van der Waals surface area contributed by atoms with E-state index in [0.29, 0.717) is 48.8 Å². The Morgan fingerprint density at radius 2 is 1.21 bits per heavy atom. The van der Waals surface area contributed by atoms with Crippen LogP contribution in [0.4, 0.5) is 20.2 Å². The van der Waals surface area contributed by atoms with Crippen molar-refractivity contribution in [2.45, 2.75) is 26.7 Å². The first-order valence-corrected chi connectivity index (χ1v) is 10.8. The Morgan fingerprint density at radius 3 is 1.55 bits per heavy atom. The first-order valence-electron chi connectivity index (χ1n) is 9.65. The lowest BCUT2D eigenvalue weighted by Gasteiger charge is -2.22. The zero-order valence-corrected chi connectivity index (χ0v) is 17.6. The van der Waals surface area contributed by atoms with Crippen LogP contribution in [-0.2, 0) is 9.59 Å². The van der Waals surface area contributed by atoms with E-state index < -0.39 is 0 Å². The Labute approximate surface area is 174 Å². The van der Waals surface area contributed by atoms with Crippen LogP contribution >= 0.6 is 11.8 Å². The van der Waals surface area contributed by atoms with Crippen LogP contribution in [0.3, 0.4) is 0 Å². The number of benzene rings is 2. The standard InChI is InChI=1S/C22H26F2N2O2S/c1-3-25(19-9-5-7-17(23)15-19)21(27)11-13-29-14-12-22(28)26(4-2)20-10-6-8-18(24)16-20/h5-10,15-16H,3-4,11-14H2,1-2H3. The first kappa shape index (κ1) is 22.9. The average molecular weight is 421 g/mol. The molecule has 0 aliphatic rings. The molecule has 0 bridgehead atoms. The highest BCUT2D eigenvalue weighted by atomic mass is 32.2. The molecule has 2 aromatic rings. The van der Waals surface area contributed by atoms with Gasteiger partial charge in [0, 0.05) is 48.8 Å². The highest BCUT2D eigenvalue weighted by Gasteiger charge is 2.16. The van der Waals surface area contributed by atoms with Gasteiger partial charge in [0.2, 0.25) is 11.8 Å². The number of carbonyl (C=O) groups excluding carboxylic acids is 2. The third-order valence-electron chi connectivity index (χ3n) is 4.39. The van der Waals surface area contributed by atoms with E-state index in [2.05, 4.69) is 0 Å². The minimum Gasteiger partial charge on any atom is -0.313 e. The molecule has 0 fully saturated rings. The Balaban J connectivity index is 1.78. The summed E-state index contributed by atoms with van der Waals surface area (Å²) in [7, 11) is 0. The molecule has 0 heterocycles. The normalized spacial score (nSPS) is 10.6. The quantitative estimate of drug-likeness (QED) is 0.514. The summed E-state index contributed by atoms with van der Waals surface area (Å²) in [5.41, 5.74) is 1.10. The Kier molecular flexibility index (Phi) is 9.12. The summed E-state index contributed by atoms with van der Waals surface area (Å²) in [6, 6.07) is 12.0. The lowest BCUT2D eigenvalue weighted by Crippen LogP contribution is -2.31. The van der Waals surface area contributed by atoms with Gasteiger partial charge in [-0.2, -0.15) is 11.8 Å². The molecule has 0 aliphatic heterocycles. The first-order chi connectivity index (χ1) is 14.0. The van der Waals surface area contributed by atoms with Crippen LogP contribution in [0.2, 0.25) is 0 Å². The van der Waals surface area contributed by atoms with Crippen molar-refractivity contribution in [2.75, 3.05) is 34.4 Å². The van der Waals surface area contributed by atoms with Crippen LogP contribution < -0.4 is 9.80 Å². The van der Waals surface area contributed by atoms with E-state index in [4.69, 9.17) is 0 Å². The Hall–Kier alpha value is -2.41. The maximum absolute atomic E-state index is 13.4. The van der Waals surface area contributed by atoms with Crippen LogP contribution in [-0.4, -0.2) is 36.4 Å². The fourth-order valence-electron chi connectivity index (χ4n) is 2.98. The number of thioether (sulfide) groups is 1. The van der Waals surface area contributed by atoms with Gasteiger partial charge in [0.25, 0.3) is 0 Å². The lowest BCUT2D eigenvalue weighted by atomic mass is 10.2. The number of halogens is 2. The molecule has 2 amide bonds. The van der Waals surface area contributed by atoms with Crippen LogP contribution in [0.1, 0.15) is 26.7 Å². The van der Waals surface area contributed by atoms with E-state index >= 15 is 0 Å². The van der Waals surface area contributed by atoms with Gasteiger partial charge in [-0.15, -0.1) is 0 Å². The third-order valence-corrected chi connectivity index (χ3v) is 5.38. The zero-order valence-electron chi connectivity index (χ0n) is 16.7. The van der Waals surface area contributed by atoms with Gasteiger partial charge < -0.3 is 9.80 Å². The zero-order chi connectivity index (χ0) is 21.2. The van der Waals surface area contributed by atoms with E-state index in [-0.39, 0.29) is 23.4 Å². The van der Waals surface area contributed by atoms with Crippen LogP contribution in [0, 0.1) is 11.6 Å². The van der Waals surface area contributed by atoms with Gasteiger partial charge in [0.15, 0.2) is 0 Å². The molecule has 0 N–H and O–H groups in total. The van der Waals surface area contributed by atoms with E-state index in [1.165, 1.54) is 36.0 Å². The summed E-state index contributed by atoms with van der Waals surface area (Å²) in [5.74, 6) is 0.244. The second-order valence-corrected chi connectivity index (χ2v) is 7.57. The Morgan fingerprint density at radius 1 is 0.793 bits per heavy atom. The fourth-order valence-corrected chi connectivity index (χ4v) is 3.83. The topological polar surface area (TPSA) is 40.6 Å². The van der Waals surface area contributed by atoms with Crippen molar-refractivity contribution in [3.8, 4) is 0 Å². The maximum atomic E-state index is 13.4. The summed E-state index contributed by atoms with van der Waals surface area (Å²) >= 11 is 1.52. The highest BCUT2D eigenvalue weighted by Crippen LogP contribution is 2.19. The number of carbonyl (C=O) groups is 2. The van der Waals surface area contributed by atoms with E-state index in [0.717, 1.165) is 0 Å². The summed E-state index contributed by atoms with van der Waals surface area (Å²) in [5, 5.41) is 0. The SMILES string of the molecule is CCN(C(=O)CCSCCC(=O)N(CC)c1cccc(F)c1)c1cccc(F)c1. The monoisotopic (exact) mass is 420 g/mol. The molecule has 7 heteroatoms. The summed E-state index contributed by atoms with van der Waals surface area (Å²) < 4.78 is 26.8. The van der Waals surface area contributed by atoms with Gasteiger partial charge in [0.1, 0.15) is 11.6 Å². The molecule has 0 radical (unpaired) electrons. The summed E-state index contributed by atoms with van der Waals surface area (Å²) in [4.78, 5) is 28.0. The predicted molar refractivity (Wildman–Crippen MR) is 115 cm³/mol. The smallest absolute Gasteiger partial charge is 0.227 e. The predicted octanol–water partition coefficient (Wildman–Crippen LogP) is 4.88. The van der Waals surface area contributed by atoms with E-state index in [1.54, 1.807) is 34.1 Å². The number of nitrogens with zero attached hydrogens (tertiary/aromatic N) is 2. The van der Waals surface area contributed by atoms with Crippen molar-refractivity contribution in [3.63, 3.8) is 0 Å². The molecule has 0 aliphatic carbocycles. The van der Waals surface area contributed by atoms with Gasteiger partial charge in [-0.05, 0) is 50.2 Å². The molecular weight excluding hydrogens is 394 g/mol. The van der Waals surface area contributed by atoms with Crippen molar-refractivity contribution < 1.29 is 18.4 Å². The van der Waals surface area contributed by atoms with Crippen molar-refractivity contribution in [1.29, 1.82) is 0 Å². The fraction of sp³-hybridized carbons (Fsp3) is 0.364. The molecule has 2 aromatic carbocycles. The van der Waals surface area contributed by atoms with Gasteiger partial charge in [0.05, 0.1) is 0 Å². The van der Waals surface area contributed by atoms with E-state index in [1.807, 2.05) is 13.8 Å².